The number of nitrogens with one attached hydrogen (secondary N) is 1. The lowest BCUT2D eigenvalue weighted by Gasteiger charge is -2.10. The molecule has 9 heteroatoms. The number of carbonyl (C=O) groups excluding carboxylic acids is 1. The Morgan fingerprint density at radius 3 is 2.52 bits per heavy atom. The molecule has 0 fully saturated rings. The van der Waals surface area contributed by atoms with Crippen LogP contribution >= 0.6 is 23.2 Å². The summed E-state index contributed by atoms with van der Waals surface area (Å²) in [6.45, 7) is 0. The number of rotatable bonds is 3. The van der Waals surface area contributed by atoms with Crippen molar-refractivity contribution in [2.24, 2.45) is 0 Å². The number of hydrogen-bond acceptors (Lipinski definition) is 5. The van der Waals surface area contributed by atoms with Gasteiger partial charge in [-0.15, -0.1) is 0 Å². The number of pyridine rings is 1. The number of amides is 1. The average Bonchev–Trinajstić information content (AvgIpc) is 2.43. The SMILES string of the molecule is Nc1ncc([N+](=O)[O-])cc1C(=O)Nc1c(Cl)cccc1Cl. The van der Waals surface area contributed by atoms with Gasteiger partial charge in [0, 0.05) is 6.07 Å². The van der Waals surface area contributed by atoms with Crippen molar-refractivity contribution in [2.75, 3.05) is 11.1 Å². The molecule has 1 amide bonds. The summed E-state index contributed by atoms with van der Waals surface area (Å²) >= 11 is 11.9. The Labute approximate surface area is 128 Å². The van der Waals surface area contributed by atoms with E-state index >= 15 is 0 Å². The number of nitro groups is 1. The fourth-order valence-corrected chi connectivity index (χ4v) is 2.04. The first-order chi connectivity index (χ1) is 9.90. The third kappa shape index (κ3) is 3.21. The zero-order chi connectivity index (χ0) is 15.6. The highest BCUT2D eigenvalue weighted by Crippen LogP contribution is 2.30. The number of halogens is 2. The van der Waals surface area contributed by atoms with E-state index in [1.165, 1.54) is 12.1 Å². The van der Waals surface area contributed by atoms with Crippen LogP contribution in [0.4, 0.5) is 17.2 Å². The molecule has 0 radical (unpaired) electrons. The van der Waals surface area contributed by atoms with Crippen molar-refractivity contribution in [1.29, 1.82) is 0 Å². The summed E-state index contributed by atoms with van der Waals surface area (Å²) in [6, 6.07) is 5.72. The van der Waals surface area contributed by atoms with Gasteiger partial charge in [-0.1, -0.05) is 29.3 Å². The highest BCUT2D eigenvalue weighted by atomic mass is 35.5. The average molecular weight is 327 g/mol. The molecule has 0 atom stereocenters. The Morgan fingerprint density at radius 1 is 1.33 bits per heavy atom. The number of aromatic nitrogens is 1. The summed E-state index contributed by atoms with van der Waals surface area (Å²) in [5.41, 5.74) is 5.26. The molecule has 2 aromatic rings. The van der Waals surface area contributed by atoms with Crippen molar-refractivity contribution in [3.05, 3.63) is 56.2 Å². The van der Waals surface area contributed by atoms with E-state index < -0.39 is 10.8 Å². The number of nitrogen functional groups attached to an aromatic ring is 1. The Kier molecular flexibility index (Phi) is 4.25. The zero-order valence-corrected chi connectivity index (χ0v) is 11.9. The van der Waals surface area contributed by atoms with E-state index in [9.17, 15) is 14.9 Å². The quantitative estimate of drug-likeness (QED) is 0.664. The normalized spacial score (nSPS) is 10.2. The minimum absolute atomic E-state index is 0.138. The van der Waals surface area contributed by atoms with Gasteiger partial charge in [0.2, 0.25) is 0 Å². The van der Waals surface area contributed by atoms with Gasteiger partial charge >= 0.3 is 0 Å². The first-order valence-electron chi connectivity index (χ1n) is 5.55. The highest BCUT2D eigenvalue weighted by molar-refractivity contribution is 6.40. The molecule has 108 valence electrons. The van der Waals surface area contributed by atoms with Crippen LogP contribution in [0, 0.1) is 10.1 Å². The topological polar surface area (TPSA) is 111 Å². The van der Waals surface area contributed by atoms with Gasteiger partial charge in [-0.25, -0.2) is 4.98 Å². The second kappa shape index (κ2) is 5.94. The molecule has 3 N–H and O–H groups in total. The number of nitrogens with zero attached hydrogens (tertiary/aromatic N) is 2. The van der Waals surface area contributed by atoms with E-state index in [0.29, 0.717) is 0 Å². The predicted octanol–water partition coefficient (Wildman–Crippen LogP) is 3.13. The minimum Gasteiger partial charge on any atom is -0.383 e. The fraction of sp³-hybridized carbons (Fsp3) is 0. The van der Waals surface area contributed by atoms with Crippen LogP contribution in [0.5, 0.6) is 0 Å². The lowest BCUT2D eigenvalue weighted by Crippen LogP contribution is -2.15. The first kappa shape index (κ1) is 15.0. The number of benzene rings is 1. The molecule has 0 aliphatic heterocycles. The van der Waals surface area contributed by atoms with Gasteiger partial charge in [0.15, 0.2) is 0 Å². The Hall–Kier alpha value is -2.38. The molecule has 0 aliphatic rings. The van der Waals surface area contributed by atoms with Crippen LogP contribution in [0.25, 0.3) is 0 Å². The highest BCUT2D eigenvalue weighted by Gasteiger charge is 2.18. The van der Waals surface area contributed by atoms with Gasteiger partial charge in [-0.05, 0) is 12.1 Å². The molecule has 1 heterocycles. The molecule has 0 unspecified atom stereocenters. The second-order valence-electron chi connectivity index (χ2n) is 3.93. The van der Waals surface area contributed by atoms with Crippen molar-refractivity contribution >= 4 is 46.3 Å². The molecule has 7 nitrogen and oxygen atoms in total. The van der Waals surface area contributed by atoms with Gasteiger partial charge < -0.3 is 11.1 Å². The standard InChI is InChI=1S/C12H8Cl2N4O3/c13-8-2-1-3-9(14)10(8)17-12(19)7-4-6(18(20)21)5-16-11(7)15/h1-5H,(H2,15,16)(H,17,19). The second-order valence-corrected chi connectivity index (χ2v) is 4.75. The lowest BCUT2D eigenvalue weighted by atomic mass is 10.2. The molecule has 21 heavy (non-hydrogen) atoms. The molecule has 2 rings (SSSR count). The smallest absolute Gasteiger partial charge is 0.288 e. The van der Waals surface area contributed by atoms with Gasteiger partial charge in [0.25, 0.3) is 11.6 Å². The van der Waals surface area contributed by atoms with Crippen LogP contribution in [0.15, 0.2) is 30.5 Å². The lowest BCUT2D eigenvalue weighted by molar-refractivity contribution is -0.385. The van der Waals surface area contributed by atoms with Crippen molar-refractivity contribution in [2.45, 2.75) is 0 Å². The van der Waals surface area contributed by atoms with Crippen LogP contribution in [0.1, 0.15) is 10.4 Å². The van der Waals surface area contributed by atoms with Gasteiger partial charge in [-0.2, -0.15) is 0 Å². The van der Waals surface area contributed by atoms with Crippen molar-refractivity contribution in [1.82, 2.24) is 4.98 Å². The zero-order valence-electron chi connectivity index (χ0n) is 10.3. The minimum atomic E-state index is -0.696. The van der Waals surface area contributed by atoms with E-state index in [2.05, 4.69) is 10.3 Å². The summed E-state index contributed by atoms with van der Waals surface area (Å²) < 4.78 is 0. The molecule has 0 saturated carbocycles. The van der Waals surface area contributed by atoms with Crippen LogP contribution in [-0.2, 0) is 0 Å². The fourth-order valence-electron chi connectivity index (χ4n) is 1.54. The molecule has 0 spiro atoms. The maximum Gasteiger partial charge on any atom is 0.288 e. The van der Waals surface area contributed by atoms with E-state index in [1.807, 2.05) is 0 Å². The van der Waals surface area contributed by atoms with E-state index in [4.69, 9.17) is 28.9 Å². The molecule has 0 aliphatic carbocycles. The number of anilines is 2. The third-order valence-corrected chi connectivity index (χ3v) is 3.19. The maximum atomic E-state index is 12.1. The largest absolute Gasteiger partial charge is 0.383 e. The number of carbonyl (C=O) groups is 1. The summed E-state index contributed by atoms with van der Waals surface area (Å²) in [5, 5.41) is 13.6. The Morgan fingerprint density at radius 2 is 1.95 bits per heavy atom. The first-order valence-corrected chi connectivity index (χ1v) is 6.31. The van der Waals surface area contributed by atoms with Gasteiger partial charge in [-0.3, -0.25) is 14.9 Å². The van der Waals surface area contributed by atoms with Crippen molar-refractivity contribution < 1.29 is 9.72 Å². The molecule has 0 saturated heterocycles. The summed E-state index contributed by atoms with van der Waals surface area (Å²) in [5.74, 6) is -0.833. The monoisotopic (exact) mass is 326 g/mol. The van der Waals surface area contributed by atoms with Crippen LogP contribution in [0.2, 0.25) is 10.0 Å². The van der Waals surface area contributed by atoms with Crippen molar-refractivity contribution in [3.8, 4) is 0 Å². The number of para-hydroxylation sites is 1. The third-order valence-electron chi connectivity index (χ3n) is 2.56. The Balaban J connectivity index is 2.37. The molecule has 0 bridgehead atoms. The predicted molar refractivity (Wildman–Crippen MR) is 79.7 cm³/mol. The van der Waals surface area contributed by atoms with E-state index in [0.717, 1.165) is 12.3 Å². The molecule has 1 aromatic carbocycles. The molecular weight excluding hydrogens is 319 g/mol. The van der Waals surface area contributed by atoms with Crippen molar-refractivity contribution in [3.63, 3.8) is 0 Å². The van der Waals surface area contributed by atoms with Gasteiger partial charge in [0.05, 0.1) is 26.2 Å². The Bertz CT molecular complexity index is 716. The summed E-state index contributed by atoms with van der Waals surface area (Å²) in [6.07, 6.45) is 0.967. The van der Waals surface area contributed by atoms with E-state index in [-0.39, 0.29) is 32.8 Å². The number of nitrogens with two attached hydrogens (primary N) is 1. The van der Waals surface area contributed by atoms with Crippen LogP contribution < -0.4 is 11.1 Å². The van der Waals surface area contributed by atoms with Gasteiger partial charge in [0.1, 0.15) is 12.0 Å². The number of hydrogen-bond donors (Lipinski definition) is 2. The van der Waals surface area contributed by atoms with Crippen LogP contribution in [0.3, 0.4) is 0 Å². The summed E-state index contributed by atoms with van der Waals surface area (Å²) in [7, 11) is 0. The maximum absolute atomic E-state index is 12.1. The molecular formula is C12H8Cl2N4O3. The molecule has 1 aromatic heterocycles. The van der Waals surface area contributed by atoms with E-state index in [1.54, 1.807) is 6.07 Å². The summed E-state index contributed by atoms with van der Waals surface area (Å²) in [4.78, 5) is 25.8. The van der Waals surface area contributed by atoms with Crippen LogP contribution in [-0.4, -0.2) is 15.8 Å².